The minimum absolute atomic E-state index is 0.157. The van der Waals surface area contributed by atoms with E-state index in [2.05, 4.69) is 5.32 Å². The van der Waals surface area contributed by atoms with Crippen molar-refractivity contribution in [3.8, 4) is 0 Å². The molecule has 2 saturated heterocycles. The Bertz CT molecular complexity index is 363. The van der Waals surface area contributed by atoms with Crippen molar-refractivity contribution in [1.82, 2.24) is 10.2 Å². The van der Waals surface area contributed by atoms with E-state index >= 15 is 0 Å². The van der Waals surface area contributed by atoms with E-state index in [0.717, 1.165) is 39.0 Å². The number of hydrogen-bond donors (Lipinski definition) is 1. The first kappa shape index (κ1) is 15.1. The van der Waals surface area contributed by atoms with Crippen LogP contribution in [0.4, 0.5) is 4.79 Å². The minimum atomic E-state index is -0.157. The van der Waals surface area contributed by atoms with Crippen molar-refractivity contribution in [2.45, 2.75) is 69.6 Å². The summed E-state index contributed by atoms with van der Waals surface area (Å²) in [5.74, 6) is 0. The highest BCUT2D eigenvalue weighted by atomic mass is 16.6. The molecule has 2 aliphatic heterocycles. The number of nitrogens with one attached hydrogen (secondary N) is 1. The first-order valence-electron chi connectivity index (χ1n) is 8.52. The van der Waals surface area contributed by atoms with Gasteiger partial charge in [0.2, 0.25) is 0 Å². The van der Waals surface area contributed by atoms with Crippen LogP contribution in [-0.2, 0) is 9.47 Å². The number of nitrogens with zero attached hydrogens (tertiary/aromatic N) is 1. The van der Waals surface area contributed by atoms with E-state index in [9.17, 15) is 4.79 Å². The summed E-state index contributed by atoms with van der Waals surface area (Å²) in [7, 11) is 0. The number of rotatable bonds is 3. The van der Waals surface area contributed by atoms with Gasteiger partial charge in [0.05, 0.1) is 12.2 Å². The fourth-order valence-corrected chi connectivity index (χ4v) is 3.87. The first-order valence-corrected chi connectivity index (χ1v) is 8.52. The number of carbonyl (C=O) groups excluding carboxylic acids is 1. The van der Waals surface area contributed by atoms with Gasteiger partial charge in [0.1, 0.15) is 0 Å². The van der Waals surface area contributed by atoms with Crippen LogP contribution in [0.2, 0.25) is 0 Å². The van der Waals surface area contributed by atoms with Crippen LogP contribution in [0.1, 0.15) is 51.9 Å². The summed E-state index contributed by atoms with van der Waals surface area (Å²) in [5.41, 5.74) is 0.210. The molecule has 0 aromatic carbocycles. The van der Waals surface area contributed by atoms with E-state index in [0.29, 0.717) is 18.7 Å². The maximum absolute atomic E-state index is 11.7. The zero-order valence-electron chi connectivity index (χ0n) is 13.1. The van der Waals surface area contributed by atoms with Gasteiger partial charge in [0.25, 0.3) is 0 Å². The molecule has 1 aliphatic carbocycles. The summed E-state index contributed by atoms with van der Waals surface area (Å²) in [6.07, 6.45) is 8.01. The molecule has 3 fully saturated rings. The normalized spacial score (nSPS) is 29.2. The monoisotopic (exact) mass is 296 g/mol. The Morgan fingerprint density at radius 2 is 2.05 bits per heavy atom. The van der Waals surface area contributed by atoms with E-state index in [1.165, 1.54) is 25.7 Å². The van der Waals surface area contributed by atoms with Crippen molar-refractivity contribution in [2.75, 3.05) is 26.3 Å². The molecule has 3 aliphatic rings. The van der Waals surface area contributed by atoms with E-state index in [4.69, 9.17) is 9.47 Å². The second kappa shape index (κ2) is 6.53. The molecule has 120 valence electrons. The molecular formula is C16H28N2O3. The third-order valence-electron chi connectivity index (χ3n) is 5.25. The molecule has 1 saturated carbocycles. The van der Waals surface area contributed by atoms with Crippen LogP contribution in [-0.4, -0.2) is 55.0 Å². The van der Waals surface area contributed by atoms with E-state index in [1.54, 1.807) is 0 Å². The summed E-state index contributed by atoms with van der Waals surface area (Å²) in [6, 6.07) is 1.13. The molecule has 0 bridgehead atoms. The lowest BCUT2D eigenvalue weighted by atomic mass is 9.73. The van der Waals surface area contributed by atoms with Gasteiger partial charge in [-0.1, -0.05) is 0 Å². The molecule has 1 amide bonds. The highest BCUT2D eigenvalue weighted by molar-refractivity contribution is 5.67. The van der Waals surface area contributed by atoms with Gasteiger partial charge < -0.3 is 19.7 Å². The summed E-state index contributed by atoms with van der Waals surface area (Å²) < 4.78 is 11.1. The lowest BCUT2D eigenvalue weighted by molar-refractivity contribution is -0.136. The molecule has 1 unspecified atom stereocenters. The predicted molar refractivity (Wildman–Crippen MR) is 80.3 cm³/mol. The SMILES string of the molecule is CCOC(=O)N1CCC(NC2CCOC3(CCC3)C2)CC1. The van der Waals surface area contributed by atoms with Crippen LogP contribution < -0.4 is 5.32 Å². The molecule has 5 nitrogen and oxygen atoms in total. The lowest BCUT2D eigenvalue weighted by Crippen LogP contribution is -2.54. The Hall–Kier alpha value is -0.810. The average Bonchev–Trinajstić information content (AvgIpc) is 2.47. The molecule has 0 radical (unpaired) electrons. The highest BCUT2D eigenvalue weighted by Crippen LogP contribution is 2.42. The molecule has 1 atom stereocenters. The van der Waals surface area contributed by atoms with Gasteiger partial charge in [-0.15, -0.1) is 0 Å². The Morgan fingerprint density at radius 1 is 1.29 bits per heavy atom. The fourth-order valence-electron chi connectivity index (χ4n) is 3.87. The smallest absolute Gasteiger partial charge is 0.409 e. The van der Waals surface area contributed by atoms with Crippen molar-refractivity contribution >= 4 is 6.09 Å². The third-order valence-corrected chi connectivity index (χ3v) is 5.25. The largest absolute Gasteiger partial charge is 0.450 e. The van der Waals surface area contributed by atoms with Gasteiger partial charge >= 0.3 is 6.09 Å². The second-order valence-corrected chi connectivity index (χ2v) is 6.70. The summed E-state index contributed by atoms with van der Waals surface area (Å²) in [4.78, 5) is 13.5. The molecule has 3 rings (SSSR count). The van der Waals surface area contributed by atoms with E-state index < -0.39 is 0 Å². The van der Waals surface area contributed by atoms with Gasteiger partial charge in [0, 0.05) is 31.8 Å². The highest BCUT2D eigenvalue weighted by Gasteiger charge is 2.42. The average molecular weight is 296 g/mol. The quantitative estimate of drug-likeness (QED) is 0.868. The van der Waals surface area contributed by atoms with Crippen LogP contribution >= 0.6 is 0 Å². The Morgan fingerprint density at radius 3 is 2.67 bits per heavy atom. The van der Waals surface area contributed by atoms with Crippen molar-refractivity contribution in [3.63, 3.8) is 0 Å². The Kier molecular flexibility index (Phi) is 4.69. The third kappa shape index (κ3) is 3.51. The molecule has 5 heteroatoms. The van der Waals surface area contributed by atoms with Crippen molar-refractivity contribution in [3.05, 3.63) is 0 Å². The maximum Gasteiger partial charge on any atom is 0.409 e. The molecule has 1 N–H and O–H groups in total. The van der Waals surface area contributed by atoms with E-state index in [1.807, 2.05) is 11.8 Å². The molecular weight excluding hydrogens is 268 g/mol. The van der Waals surface area contributed by atoms with Crippen LogP contribution in [0.5, 0.6) is 0 Å². The molecule has 21 heavy (non-hydrogen) atoms. The van der Waals surface area contributed by atoms with Gasteiger partial charge in [-0.05, 0) is 51.9 Å². The maximum atomic E-state index is 11.7. The Labute approximate surface area is 127 Å². The predicted octanol–water partition coefficient (Wildman–Crippen LogP) is 2.30. The number of hydrogen-bond acceptors (Lipinski definition) is 4. The fraction of sp³-hybridized carbons (Fsp3) is 0.938. The zero-order valence-corrected chi connectivity index (χ0v) is 13.1. The van der Waals surface area contributed by atoms with Crippen molar-refractivity contribution in [2.24, 2.45) is 0 Å². The van der Waals surface area contributed by atoms with Gasteiger partial charge in [-0.2, -0.15) is 0 Å². The molecule has 0 aromatic rings. The zero-order chi connectivity index (χ0) is 14.7. The molecule has 0 aromatic heterocycles. The summed E-state index contributed by atoms with van der Waals surface area (Å²) >= 11 is 0. The van der Waals surface area contributed by atoms with E-state index in [-0.39, 0.29) is 11.7 Å². The number of carbonyl (C=O) groups is 1. The van der Waals surface area contributed by atoms with Crippen LogP contribution in [0.3, 0.4) is 0 Å². The number of amides is 1. The lowest BCUT2D eigenvalue weighted by Gasteiger charge is -2.48. The van der Waals surface area contributed by atoms with Crippen molar-refractivity contribution < 1.29 is 14.3 Å². The summed E-state index contributed by atoms with van der Waals surface area (Å²) in [5, 5.41) is 3.81. The molecule has 1 spiro atoms. The molecule has 2 heterocycles. The number of likely N-dealkylation sites (tertiary alicyclic amines) is 1. The van der Waals surface area contributed by atoms with Gasteiger partial charge in [-0.25, -0.2) is 4.79 Å². The topological polar surface area (TPSA) is 50.8 Å². The number of ether oxygens (including phenoxy) is 2. The van der Waals surface area contributed by atoms with Gasteiger partial charge in [0.15, 0.2) is 0 Å². The first-order chi connectivity index (χ1) is 10.2. The standard InChI is InChI=1S/C16H28N2O3/c1-2-20-15(19)18-9-4-13(5-10-18)17-14-6-11-21-16(12-14)7-3-8-16/h13-14,17H,2-12H2,1H3. The minimum Gasteiger partial charge on any atom is -0.450 e. The van der Waals surface area contributed by atoms with Crippen LogP contribution in [0.15, 0.2) is 0 Å². The summed E-state index contributed by atoms with van der Waals surface area (Å²) in [6.45, 7) is 4.84. The second-order valence-electron chi connectivity index (χ2n) is 6.70. The van der Waals surface area contributed by atoms with Gasteiger partial charge in [-0.3, -0.25) is 0 Å². The van der Waals surface area contributed by atoms with Crippen LogP contribution in [0.25, 0.3) is 0 Å². The number of piperidine rings is 1. The van der Waals surface area contributed by atoms with Crippen molar-refractivity contribution in [1.29, 1.82) is 0 Å². The van der Waals surface area contributed by atoms with Crippen LogP contribution in [0, 0.1) is 0 Å². The Balaban J connectivity index is 1.42.